The van der Waals surface area contributed by atoms with Crippen LogP contribution in [0.4, 0.5) is 11.5 Å². The predicted octanol–water partition coefficient (Wildman–Crippen LogP) is 4.03. The van der Waals surface area contributed by atoms with E-state index in [2.05, 4.69) is 20.3 Å². The number of imidazole rings is 1. The predicted molar refractivity (Wildman–Crippen MR) is 108 cm³/mol. The average Bonchev–Trinajstić information content (AvgIpc) is 3.25. The van der Waals surface area contributed by atoms with Crippen LogP contribution in [0.25, 0.3) is 10.8 Å². The lowest BCUT2D eigenvalue weighted by atomic mass is 10.1. The number of anilines is 1. The van der Waals surface area contributed by atoms with E-state index in [-0.39, 0.29) is 17.4 Å². The Bertz CT molecular complexity index is 1120. The molecule has 9 nitrogen and oxygen atoms in total. The fraction of sp³-hybridized carbons (Fsp3) is 0.150. The van der Waals surface area contributed by atoms with Gasteiger partial charge in [-0.1, -0.05) is 36.4 Å². The standard InChI is InChI=1S/C20H18N6O3/c27-26(28)18-19(22-9-4-11-25-12-10-21-14-25)23-13-24-20(18)29-17-8-3-6-15-5-1-2-7-16(15)17/h1-3,5-8,10,12-14H,4,9,11H2,(H,22,23,24). The molecule has 2 aromatic carbocycles. The molecule has 0 unspecified atom stereocenters. The summed E-state index contributed by atoms with van der Waals surface area (Å²) < 4.78 is 7.78. The molecular formula is C20H18N6O3. The Kier molecular flexibility index (Phi) is 5.28. The van der Waals surface area contributed by atoms with Gasteiger partial charge >= 0.3 is 11.6 Å². The summed E-state index contributed by atoms with van der Waals surface area (Å²) in [7, 11) is 0. The van der Waals surface area contributed by atoms with Crippen LogP contribution in [0.1, 0.15) is 6.42 Å². The second-order valence-electron chi connectivity index (χ2n) is 6.29. The van der Waals surface area contributed by atoms with Crippen molar-refractivity contribution < 1.29 is 9.66 Å². The molecule has 4 aromatic rings. The molecule has 0 amide bonds. The zero-order valence-electron chi connectivity index (χ0n) is 15.4. The van der Waals surface area contributed by atoms with Crippen LogP contribution < -0.4 is 10.1 Å². The lowest BCUT2D eigenvalue weighted by Gasteiger charge is -2.11. The van der Waals surface area contributed by atoms with Gasteiger partial charge in [0.2, 0.25) is 5.82 Å². The van der Waals surface area contributed by atoms with E-state index in [0.717, 1.165) is 23.7 Å². The van der Waals surface area contributed by atoms with Crippen molar-refractivity contribution >= 4 is 22.3 Å². The second-order valence-corrected chi connectivity index (χ2v) is 6.29. The minimum absolute atomic E-state index is 0.0986. The number of hydrogen-bond acceptors (Lipinski definition) is 7. The maximum Gasteiger partial charge on any atom is 0.373 e. The molecule has 0 bridgehead atoms. The van der Waals surface area contributed by atoms with Crippen LogP contribution in [-0.4, -0.2) is 31.0 Å². The second kappa shape index (κ2) is 8.34. The first-order chi connectivity index (χ1) is 14.2. The third-order valence-corrected chi connectivity index (χ3v) is 4.37. The van der Waals surface area contributed by atoms with Crippen molar-refractivity contribution in [3.8, 4) is 11.6 Å². The van der Waals surface area contributed by atoms with Gasteiger partial charge < -0.3 is 14.6 Å². The van der Waals surface area contributed by atoms with Crippen LogP contribution in [0, 0.1) is 10.1 Å². The zero-order valence-corrected chi connectivity index (χ0v) is 15.4. The molecule has 2 heterocycles. The van der Waals surface area contributed by atoms with Gasteiger partial charge in [0, 0.05) is 30.9 Å². The maximum atomic E-state index is 11.7. The van der Waals surface area contributed by atoms with E-state index in [1.807, 2.05) is 47.2 Å². The fourth-order valence-electron chi connectivity index (χ4n) is 3.01. The minimum atomic E-state index is -0.529. The Morgan fingerprint density at radius 1 is 1.14 bits per heavy atom. The molecule has 29 heavy (non-hydrogen) atoms. The highest BCUT2D eigenvalue weighted by molar-refractivity contribution is 5.88. The molecule has 0 radical (unpaired) electrons. The molecule has 1 N–H and O–H groups in total. The summed E-state index contributed by atoms with van der Waals surface area (Å²) in [6.07, 6.45) is 7.30. The highest BCUT2D eigenvalue weighted by atomic mass is 16.6. The van der Waals surface area contributed by atoms with Crippen LogP contribution in [0.5, 0.6) is 11.6 Å². The third kappa shape index (κ3) is 4.13. The van der Waals surface area contributed by atoms with Crippen molar-refractivity contribution in [3.05, 3.63) is 77.6 Å². The number of rotatable bonds is 8. The zero-order chi connectivity index (χ0) is 20.1. The molecule has 0 aliphatic carbocycles. The Morgan fingerprint density at radius 3 is 2.83 bits per heavy atom. The third-order valence-electron chi connectivity index (χ3n) is 4.37. The van der Waals surface area contributed by atoms with E-state index in [1.54, 1.807) is 18.6 Å². The van der Waals surface area contributed by atoms with E-state index < -0.39 is 4.92 Å². The molecule has 0 atom stereocenters. The number of nitrogens with zero attached hydrogens (tertiary/aromatic N) is 5. The van der Waals surface area contributed by atoms with Gasteiger partial charge in [-0.15, -0.1) is 0 Å². The van der Waals surface area contributed by atoms with Gasteiger partial charge in [-0.25, -0.2) is 9.97 Å². The number of nitro groups is 1. The summed E-state index contributed by atoms with van der Waals surface area (Å²) >= 11 is 0. The lowest BCUT2D eigenvalue weighted by molar-refractivity contribution is -0.385. The number of aromatic nitrogens is 4. The highest BCUT2D eigenvalue weighted by Crippen LogP contribution is 2.36. The average molecular weight is 390 g/mol. The summed E-state index contributed by atoms with van der Waals surface area (Å²) in [5.41, 5.74) is -0.289. The lowest BCUT2D eigenvalue weighted by Crippen LogP contribution is -2.10. The summed E-state index contributed by atoms with van der Waals surface area (Å²) in [6.45, 7) is 1.25. The van der Waals surface area contributed by atoms with Gasteiger partial charge in [0.25, 0.3) is 0 Å². The topological polar surface area (TPSA) is 108 Å². The highest BCUT2D eigenvalue weighted by Gasteiger charge is 2.25. The normalized spacial score (nSPS) is 10.8. The minimum Gasteiger partial charge on any atom is -0.433 e. The number of hydrogen-bond donors (Lipinski definition) is 1. The SMILES string of the molecule is O=[N+]([O-])c1c(NCCCn2ccnc2)ncnc1Oc1cccc2ccccc12. The largest absolute Gasteiger partial charge is 0.433 e. The van der Waals surface area contributed by atoms with Crippen molar-refractivity contribution in [2.45, 2.75) is 13.0 Å². The number of aryl methyl sites for hydroxylation is 1. The van der Waals surface area contributed by atoms with Gasteiger partial charge in [0.05, 0.1) is 11.3 Å². The number of nitrogens with one attached hydrogen (secondary N) is 1. The molecule has 2 aromatic heterocycles. The smallest absolute Gasteiger partial charge is 0.373 e. The quantitative estimate of drug-likeness (QED) is 0.275. The first-order valence-corrected chi connectivity index (χ1v) is 9.07. The van der Waals surface area contributed by atoms with Gasteiger partial charge in [0.1, 0.15) is 12.1 Å². The maximum absolute atomic E-state index is 11.7. The number of benzene rings is 2. The van der Waals surface area contributed by atoms with Crippen LogP contribution in [-0.2, 0) is 6.54 Å². The first kappa shape index (κ1) is 18.4. The Hall–Kier alpha value is -4.01. The van der Waals surface area contributed by atoms with Crippen molar-refractivity contribution in [3.63, 3.8) is 0 Å². The van der Waals surface area contributed by atoms with Crippen molar-refractivity contribution in [1.29, 1.82) is 0 Å². The molecule has 0 spiro atoms. The molecule has 0 aliphatic rings. The van der Waals surface area contributed by atoms with Crippen LogP contribution in [0.2, 0.25) is 0 Å². The van der Waals surface area contributed by atoms with Gasteiger partial charge in [-0.3, -0.25) is 10.1 Å². The summed E-state index contributed by atoms with van der Waals surface area (Å²) in [6, 6.07) is 13.2. The van der Waals surface area contributed by atoms with Crippen LogP contribution >= 0.6 is 0 Å². The van der Waals surface area contributed by atoms with E-state index >= 15 is 0 Å². The molecule has 4 rings (SSSR count). The molecule has 0 fully saturated rings. The number of fused-ring (bicyclic) bond motifs is 1. The molecule has 9 heteroatoms. The van der Waals surface area contributed by atoms with E-state index in [0.29, 0.717) is 12.3 Å². The molecule has 146 valence electrons. The Labute approximate surface area is 166 Å². The van der Waals surface area contributed by atoms with Crippen molar-refractivity contribution in [2.75, 3.05) is 11.9 Å². The molecule has 0 aliphatic heterocycles. The van der Waals surface area contributed by atoms with Crippen molar-refractivity contribution in [2.24, 2.45) is 0 Å². The molecule has 0 saturated carbocycles. The summed E-state index contributed by atoms with van der Waals surface area (Å²) in [5, 5.41) is 16.5. The molecular weight excluding hydrogens is 372 g/mol. The van der Waals surface area contributed by atoms with E-state index in [1.165, 1.54) is 6.33 Å². The summed E-state index contributed by atoms with van der Waals surface area (Å²) in [4.78, 5) is 23.2. The summed E-state index contributed by atoms with van der Waals surface area (Å²) in [5.74, 6) is 0.528. The van der Waals surface area contributed by atoms with Gasteiger partial charge in [0.15, 0.2) is 0 Å². The van der Waals surface area contributed by atoms with Gasteiger partial charge in [-0.2, -0.15) is 4.98 Å². The fourth-order valence-corrected chi connectivity index (χ4v) is 3.01. The van der Waals surface area contributed by atoms with Crippen LogP contribution in [0.15, 0.2) is 67.5 Å². The number of ether oxygens (including phenoxy) is 1. The van der Waals surface area contributed by atoms with Crippen LogP contribution in [0.3, 0.4) is 0 Å². The van der Waals surface area contributed by atoms with Crippen molar-refractivity contribution in [1.82, 2.24) is 19.5 Å². The van der Waals surface area contributed by atoms with Gasteiger partial charge in [-0.05, 0) is 17.9 Å². The molecule has 0 saturated heterocycles. The monoisotopic (exact) mass is 390 g/mol. The van der Waals surface area contributed by atoms with E-state index in [9.17, 15) is 10.1 Å². The van der Waals surface area contributed by atoms with E-state index in [4.69, 9.17) is 4.74 Å². The first-order valence-electron chi connectivity index (χ1n) is 9.07. The Morgan fingerprint density at radius 2 is 2.00 bits per heavy atom. The Balaban J connectivity index is 1.55.